The summed E-state index contributed by atoms with van der Waals surface area (Å²) in [5.74, 6) is -0.153. The number of allylic oxidation sites excluding steroid dienone is 1. The van der Waals surface area contributed by atoms with E-state index >= 15 is 0 Å². The number of hydrogen-bond acceptors (Lipinski definition) is 10. The van der Waals surface area contributed by atoms with Crippen molar-refractivity contribution in [2.24, 2.45) is 16.7 Å². The Morgan fingerprint density at radius 2 is 1.64 bits per heavy atom. The SMILES string of the molecule is CC(C)=C[C@H]1O[C@H]2[C@H]3O[C@@]34[C@@H](O[C@@H]2C(C)(C)O1)[C@H](O)C[C@@]1(C)[C@@]4(O)CC[C@H]2C[C@@]3(O)c4c(CC5OC5(C)C)cccc4N[C@@]3(O)[C@@]21C. The van der Waals surface area contributed by atoms with Gasteiger partial charge in [0.05, 0.1) is 23.4 Å². The van der Waals surface area contributed by atoms with Gasteiger partial charge >= 0.3 is 0 Å². The van der Waals surface area contributed by atoms with E-state index in [1.807, 2.05) is 65.8 Å². The van der Waals surface area contributed by atoms with E-state index in [0.717, 1.165) is 16.7 Å². The average Bonchev–Trinajstić information content (AvgIpc) is 3.82. The molecule has 10 nitrogen and oxygen atoms in total. The van der Waals surface area contributed by atoms with Gasteiger partial charge in [-0.1, -0.05) is 31.6 Å². The summed E-state index contributed by atoms with van der Waals surface area (Å²) in [5, 5.41) is 54.8. The topological polar surface area (TPSA) is 146 Å². The van der Waals surface area contributed by atoms with Crippen LogP contribution in [0.5, 0.6) is 0 Å². The van der Waals surface area contributed by atoms with Crippen LogP contribution >= 0.6 is 0 Å². The standard InChI is InChI=1S/C37H51NO9/c1-18(2)14-24-43-26-28(31(5,6)46-24)44-27-22(39)17-32(7)33(8)20(12-13-35(32,41)36(27)29(26)47-36)16-34(40)25-19(15-23-30(3,4)45-23)10-9-11-21(25)38-37(33,34)42/h9-11,14,20,22-24,26-29,38-42H,12-13,15-17H2,1-8H3/t20-,22+,23?,24-,26+,27-,28-,29+,32+,33-,34+,35-,36-,37+/m0/s1. The fourth-order valence-electron chi connectivity index (χ4n) is 11.9. The van der Waals surface area contributed by atoms with Crippen LogP contribution in [0.25, 0.3) is 0 Å². The minimum Gasteiger partial charge on any atom is -0.390 e. The minimum absolute atomic E-state index is 0.0329. The molecule has 9 rings (SSSR count). The Kier molecular flexibility index (Phi) is 5.89. The van der Waals surface area contributed by atoms with Crippen LogP contribution in [-0.4, -0.2) is 91.5 Å². The highest BCUT2D eigenvalue weighted by atomic mass is 16.8. The molecular formula is C37H51NO9. The highest BCUT2D eigenvalue weighted by Crippen LogP contribution is 2.80. The van der Waals surface area contributed by atoms with Crippen LogP contribution in [0.3, 0.4) is 0 Å². The van der Waals surface area contributed by atoms with E-state index in [9.17, 15) is 20.4 Å². The molecule has 10 heteroatoms. The molecule has 3 aliphatic carbocycles. The summed E-state index contributed by atoms with van der Waals surface area (Å²) in [4.78, 5) is 0. The predicted octanol–water partition coefficient (Wildman–Crippen LogP) is 3.42. The van der Waals surface area contributed by atoms with Gasteiger partial charge in [0.15, 0.2) is 17.6 Å². The molecular weight excluding hydrogens is 602 g/mol. The van der Waals surface area contributed by atoms with Gasteiger partial charge in [0, 0.05) is 28.5 Å². The summed E-state index contributed by atoms with van der Waals surface area (Å²) in [6, 6.07) is 5.89. The molecule has 4 saturated heterocycles. The van der Waals surface area contributed by atoms with Crippen molar-refractivity contribution in [2.75, 3.05) is 5.32 Å². The van der Waals surface area contributed by atoms with E-state index in [1.54, 1.807) is 0 Å². The molecule has 7 fully saturated rings. The molecule has 1 unspecified atom stereocenters. The molecule has 5 N–H and O–H groups in total. The quantitative estimate of drug-likeness (QED) is 0.243. The fraction of sp³-hybridized carbons (Fsp3) is 0.784. The van der Waals surface area contributed by atoms with Gasteiger partial charge in [0.2, 0.25) is 0 Å². The minimum atomic E-state index is -1.83. The summed E-state index contributed by atoms with van der Waals surface area (Å²) in [6.07, 6.45) is 0.0213. The number of rotatable bonds is 3. The van der Waals surface area contributed by atoms with E-state index in [0.29, 0.717) is 31.4 Å². The van der Waals surface area contributed by atoms with Crippen molar-refractivity contribution in [3.63, 3.8) is 0 Å². The Labute approximate surface area is 276 Å². The van der Waals surface area contributed by atoms with Crippen molar-refractivity contribution < 1.29 is 44.1 Å². The van der Waals surface area contributed by atoms with Crippen LogP contribution < -0.4 is 5.32 Å². The summed E-state index contributed by atoms with van der Waals surface area (Å²) in [5.41, 5.74) is -5.91. The molecule has 5 aliphatic heterocycles. The molecule has 8 aliphatic rings. The zero-order valence-corrected chi connectivity index (χ0v) is 28.8. The lowest BCUT2D eigenvalue weighted by atomic mass is 9.39. The van der Waals surface area contributed by atoms with Crippen LogP contribution in [0.4, 0.5) is 5.69 Å². The smallest absolute Gasteiger partial charge is 0.178 e. The van der Waals surface area contributed by atoms with Gasteiger partial charge in [-0.2, -0.15) is 0 Å². The molecule has 0 radical (unpaired) electrons. The first-order valence-electron chi connectivity index (χ1n) is 17.5. The maximum absolute atomic E-state index is 13.3. The second-order valence-corrected chi connectivity index (χ2v) is 17.8. The Hall–Kier alpha value is -1.60. The number of aliphatic hydroxyl groups is 4. The number of nitrogens with one attached hydrogen (secondary N) is 1. The number of fused-ring (bicyclic) bond motifs is 9. The van der Waals surface area contributed by atoms with Crippen molar-refractivity contribution >= 4 is 5.69 Å². The molecule has 1 aromatic carbocycles. The lowest BCUT2D eigenvalue weighted by Crippen LogP contribution is -2.82. The van der Waals surface area contributed by atoms with Gasteiger partial charge < -0.3 is 49.4 Å². The van der Waals surface area contributed by atoms with Crippen molar-refractivity contribution in [3.05, 3.63) is 41.0 Å². The van der Waals surface area contributed by atoms with Crippen LogP contribution in [0, 0.1) is 16.7 Å². The first kappa shape index (κ1) is 31.4. The molecule has 47 heavy (non-hydrogen) atoms. The van der Waals surface area contributed by atoms with Gasteiger partial charge in [-0.05, 0) is 90.8 Å². The third-order valence-electron chi connectivity index (χ3n) is 14.6. The molecule has 0 amide bonds. The molecule has 1 spiro atoms. The first-order valence-corrected chi connectivity index (χ1v) is 17.5. The average molecular weight is 654 g/mol. The third-order valence-corrected chi connectivity index (χ3v) is 14.6. The highest BCUT2D eigenvalue weighted by Gasteiger charge is 2.92. The monoisotopic (exact) mass is 653 g/mol. The maximum Gasteiger partial charge on any atom is 0.178 e. The Morgan fingerprint density at radius 3 is 2.32 bits per heavy atom. The fourth-order valence-corrected chi connectivity index (χ4v) is 11.9. The van der Waals surface area contributed by atoms with Crippen molar-refractivity contribution in [2.45, 2.75) is 164 Å². The Balaban J connectivity index is 1.13. The summed E-state index contributed by atoms with van der Waals surface area (Å²) >= 11 is 0. The zero-order chi connectivity index (χ0) is 33.5. The van der Waals surface area contributed by atoms with Crippen LogP contribution in [0.15, 0.2) is 29.8 Å². The van der Waals surface area contributed by atoms with Crippen molar-refractivity contribution in [3.8, 4) is 0 Å². The molecule has 1 aromatic rings. The van der Waals surface area contributed by atoms with Gasteiger partial charge in [0.25, 0.3) is 0 Å². The van der Waals surface area contributed by atoms with Crippen LogP contribution in [0.1, 0.15) is 92.2 Å². The molecule has 3 saturated carbocycles. The second-order valence-electron chi connectivity index (χ2n) is 17.8. The Bertz CT molecular complexity index is 1590. The van der Waals surface area contributed by atoms with Crippen LogP contribution in [0.2, 0.25) is 0 Å². The summed E-state index contributed by atoms with van der Waals surface area (Å²) < 4.78 is 32.2. The number of hydrogen-bond donors (Lipinski definition) is 5. The maximum atomic E-state index is 13.3. The van der Waals surface area contributed by atoms with Gasteiger partial charge in [-0.25, -0.2) is 0 Å². The number of anilines is 1. The van der Waals surface area contributed by atoms with E-state index in [4.69, 9.17) is 23.7 Å². The van der Waals surface area contributed by atoms with E-state index in [2.05, 4.69) is 19.2 Å². The first-order chi connectivity index (χ1) is 21.8. The van der Waals surface area contributed by atoms with Gasteiger partial charge in [0.1, 0.15) is 35.6 Å². The van der Waals surface area contributed by atoms with Crippen molar-refractivity contribution in [1.82, 2.24) is 0 Å². The number of benzene rings is 1. The summed E-state index contributed by atoms with van der Waals surface area (Å²) in [7, 11) is 0. The molecule has 0 aromatic heterocycles. The molecule has 14 atom stereocenters. The molecule has 5 heterocycles. The van der Waals surface area contributed by atoms with Crippen molar-refractivity contribution in [1.29, 1.82) is 0 Å². The lowest BCUT2D eigenvalue weighted by Gasteiger charge is -2.69. The largest absolute Gasteiger partial charge is 0.390 e. The highest BCUT2D eigenvalue weighted by molar-refractivity contribution is 5.68. The number of ether oxygens (including phenoxy) is 5. The number of aliphatic hydroxyl groups excluding tert-OH is 1. The molecule has 0 bridgehead atoms. The van der Waals surface area contributed by atoms with E-state index in [-0.39, 0.29) is 24.0 Å². The predicted molar refractivity (Wildman–Crippen MR) is 170 cm³/mol. The molecule has 258 valence electrons. The normalized spacial score (nSPS) is 55.1. The third kappa shape index (κ3) is 3.39. The zero-order valence-electron chi connectivity index (χ0n) is 28.8. The second kappa shape index (κ2) is 8.82. The van der Waals surface area contributed by atoms with E-state index < -0.39 is 75.8 Å². The number of epoxide rings is 2. The summed E-state index contributed by atoms with van der Waals surface area (Å²) in [6.45, 7) is 16.0. The lowest BCUT2D eigenvalue weighted by molar-refractivity contribution is -0.364. The van der Waals surface area contributed by atoms with Gasteiger partial charge in [-0.15, -0.1) is 0 Å². The van der Waals surface area contributed by atoms with Crippen LogP contribution in [-0.2, 0) is 35.7 Å². The van der Waals surface area contributed by atoms with E-state index in [1.165, 1.54) is 0 Å². The van der Waals surface area contributed by atoms with Gasteiger partial charge in [-0.3, -0.25) is 0 Å². The Morgan fingerprint density at radius 1 is 0.915 bits per heavy atom.